The van der Waals surface area contributed by atoms with E-state index in [1.807, 2.05) is 50.8 Å². The van der Waals surface area contributed by atoms with E-state index in [0.29, 0.717) is 6.54 Å². The minimum Gasteiger partial charge on any atom is -0.356 e. The molecule has 27 heavy (non-hydrogen) atoms. The summed E-state index contributed by atoms with van der Waals surface area (Å²) in [6.07, 6.45) is 0.284. The molecule has 1 aliphatic rings. The molecule has 1 aliphatic heterocycles. The molecule has 0 bridgehead atoms. The number of amides is 3. The molecular formula is C20H30N4O3. The van der Waals surface area contributed by atoms with E-state index in [4.69, 9.17) is 0 Å². The quantitative estimate of drug-likeness (QED) is 0.672. The van der Waals surface area contributed by atoms with Crippen molar-refractivity contribution in [2.75, 3.05) is 25.0 Å². The standard InChI is InChI=1S/C20H30N4O3/c1-13(2)24-10-9-22-20(27)17(24)12-19(26)21-8-7-18(25)23-16-6-5-14(3)11-15(16)4/h5-6,11,13,17H,7-10,12H2,1-4H3,(H,21,26)(H,22,27)(H,23,25)/t17-/m1/s1. The van der Waals surface area contributed by atoms with E-state index in [1.165, 1.54) is 0 Å². The van der Waals surface area contributed by atoms with Crippen molar-refractivity contribution in [3.05, 3.63) is 29.3 Å². The Balaban J connectivity index is 1.78. The zero-order chi connectivity index (χ0) is 20.0. The van der Waals surface area contributed by atoms with E-state index in [9.17, 15) is 14.4 Å². The van der Waals surface area contributed by atoms with Gasteiger partial charge in [-0.2, -0.15) is 0 Å². The van der Waals surface area contributed by atoms with Crippen molar-refractivity contribution in [2.45, 2.75) is 52.6 Å². The summed E-state index contributed by atoms with van der Waals surface area (Å²) in [6, 6.07) is 5.57. The Hall–Kier alpha value is -2.41. The van der Waals surface area contributed by atoms with Crippen molar-refractivity contribution in [2.24, 2.45) is 0 Å². The third-order valence-corrected chi connectivity index (χ3v) is 4.74. The van der Waals surface area contributed by atoms with Crippen LogP contribution in [0.25, 0.3) is 0 Å². The molecule has 0 saturated carbocycles. The first kappa shape index (κ1) is 20.9. The Morgan fingerprint density at radius 2 is 2.00 bits per heavy atom. The second-order valence-electron chi connectivity index (χ2n) is 7.31. The van der Waals surface area contributed by atoms with Crippen molar-refractivity contribution in [1.82, 2.24) is 15.5 Å². The maximum absolute atomic E-state index is 12.2. The molecule has 1 aromatic rings. The molecule has 0 unspecified atom stereocenters. The number of hydrogen-bond donors (Lipinski definition) is 3. The highest BCUT2D eigenvalue weighted by atomic mass is 16.2. The largest absolute Gasteiger partial charge is 0.356 e. The lowest BCUT2D eigenvalue weighted by Crippen LogP contribution is -2.58. The molecule has 1 fully saturated rings. The molecule has 148 valence electrons. The lowest BCUT2D eigenvalue weighted by atomic mass is 10.1. The average molecular weight is 374 g/mol. The van der Waals surface area contributed by atoms with Crippen LogP contribution in [0.1, 0.15) is 37.8 Å². The maximum Gasteiger partial charge on any atom is 0.237 e. The van der Waals surface area contributed by atoms with Gasteiger partial charge in [-0.05, 0) is 39.3 Å². The predicted octanol–water partition coefficient (Wildman–Crippen LogP) is 1.35. The summed E-state index contributed by atoms with van der Waals surface area (Å²) in [4.78, 5) is 38.4. The van der Waals surface area contributed by atoms with Gasteiger partial charge in [-0.25, -0.2) is 0 Å². The van der Waals surface area contributed by atoms with Gasteiger partial charge < -0.3 is 16.0 Å². The van der Waals surface area contributed by atoms with E-state index < -0.39 is 6.04 Å². The molecular weight excluding hydrogens is 344 g/mol. The Bertz CT molecular complexity index is 702. The molecule has 1 saturated heterocycles. The number of nitrogens with zero attached hydrogens (tertiary/aromatic N) is 1. The van der Waals surface area contributed by atoms with E-state index in [1.54, 1.807) is 0 Å². The number of benzene rings is 1. The molecule has 0 radical (unpaired) electrons. The minimum absolute atomic E-state index is 0.0999. The van der Waals surface area contributed by atoms with Crippen LogP contribution in [0.2, 0.25) is 0 Å². The predicted molar refractivity (Wildman–Crippen MR) is 105 cm³/mol. The highest BCUT2D eigenvalue weighted by Crippen LogP contribution is 2.16. The first-order valence-corrected chi connectivity index (χ1v) is 9.45. The summed E-state index contributed by atoms with van der Waals surface area (Å²) in [7, 11) is 0. The summed E-state index contributed by atoms with van der Waals surface area (Å²) in [6.45, 7) is 9.56. The third-order valence-electron chi connectivity index (χ3n) is 4.74. The van der Waals surface area contributed by atoms with Crippen LogP contribution in [0.4, 0.5) is 5.69 Å². The van der Waals surface area contributed by atoms with Crippen LogP contribution >= 0.6 is 0 Å². The Morgan fingerprint density at radius 3 is 2.67 bits per heavy atom. The summed E-state index contributed by atoms with van der Waals surface area (Å²) in [5.74, 6) is -0.485. The van der Waals surface area contributed by atoms with Gasteiger partial charge in [-0.15, -0.1) is 0 Å². The SMILES string of the molecule is Cc1ccc(NC(=O)CCNC(=O)C[C@@H]2C(=O)NCCN2C(C)C)c(C)c1. The molecule has 0 spiro atoms. The second-order valence-corrected chi connectivity index (χ2v) is 7.31. The first-order chi connectivity index (χ1) is 12.8. The summed E-state index contributed by atoms with van der Waals surface area (Å²) in [5, 5.41) is 8.41. The van der Waals surface area contributed by atoms with Crippen LogP contribution in [0.15, 0.2) is 18.2 Å². The number of anilines is 1. The molecule has 2 rings (SSSR count). The molecule has 1 aromatic carbocycles. The smallest absolute Gasteiger partial charge is 0.237 e. The molecule has 1 atom stereocenters. The normalized spacial score (nSPS) is 17.5. The fourth-order valence-corrected chi connectivity index (χ4v) is 3.29. The van der Waals surface area contributed by atoms with Gasteiger partial charge in [0.25, 0.3) is 0 Å². The number of carbonyl (C=O) groups is 3. The van der Waals surface area contributed by atoms with Gasteiger partial charge in [0.1, 0.15) is 0 Å². The van der Waals surface area contributed by atoms with Crippen molar-refractivity contribution in [3.63, 3.8) is 0 Å². The summed E-state index contributed by atoms with van der Waals surface area (Å²) >= 11 is 0. The number of piperazine rings is 1. The van der Waals surface area contributed by atoms with E-state index in [-0.39, 0.29) is 43.1 Å². The van der Waals surface area contributed by atoms with Crippen LogP contribution in [0.3, 0.4) is 0 Å². The minimum atomic E-state index is -0.456. The van der Waals surface area contributed by atoms with Gasteiger partial charge in [0.15, 0.2) is 0 Å². The number of carbonyl (C=O) groups excluding carboxylic acids is 3. The van der Waals surface area contributed by atoms with Crippen LogP contribution in [-0.4, -0.2) is 54.3 Å². The molecule has 0 aliphatic carbocycles. The lowest BCUT2D eigenvalue weighted by molar-refractivity contribution is -0.134. The molecule has 3 N–H and O–H groups in total. The fraction of sp³-hybridized carbons (Fsp3) is 0.550. The van der Waals surface area contributed by atoms with Gasteiger partial charge in [-0.3, -0.25) is 19.3 Å². The molecule has 0 aromatic heterocycles. The summed E-state index contributed by atoms with van der Waals surface area (Å²) < 4.78 is 0. The number of hydrogen-bond acceptors (Lipinski definition) is 4. The topological polar surface area (TPSA) is 90.5 Å². The molecule has 1 heterocycles. The Morgan fingerprint density at radius 1 is 1.26 bits per heavy atom. The van der Waals surface area contributed by atoms with Gasteiger partial charge >= 0.3 is 0 Å². The number of nitrogens with one attached hydrogen (secondary N) is 3. The highest BCUT2D eigenvalue weighted by Gasteiger charge is 2.32. The van der Waals surface area contributed by atoms with Gasteiger partial charge in [0.2, 0.25) is 17.7 Å². The summed E-state index contributed by atoms with van der Waals surface area (Å²) in [5.41, 5.74) is 2.92. The molecule has 7 nitrogen and oxygen atoms in total. The van der Waals surface area contributed by atoms with Gasteiger partial charge in [-0.1, -0.05) is 17.7 Å². The molecule has 7 heteroatoms. The van der Waals surface area contributed by atoms with Crippen molar-refractivity contribution in [3.8, 4) is 0 Å². The Kier molecular flexibility index (Phi) is 7.36. The third kappa shape index (κ3) is 6.06. The molecule has 3 amide bonds. The van der Waals surface area contributed by atoms with Crippen molar-refractivity contribution >= 4 is 23.4 Å². The Labute approximate surface area is 160 Å². The van der Waals surface area contributed by atoms with E-state index >= 15 is 0 Å². The number of aryl methyl sites for hydroxylation is 2. The highest BCUT2D eigenvalue weighted by molar-refractivity contribution is 5.92. The van der Waals surface area contributed by atoms with Crippen LogP contribution in [0.5, 0.6) is 0 Å². The zero-order valence-corrected chi connectivity index (χ0v) is 16.6. The van der Waals surface area contributed by atoms with Crippen molar-refractivity contribution < 1.29 is 14.4 Å². The lowest BCUT2D eigenvalue weighted by Gasteiger charge is -2.37. The van der Waals surface area contributed by atoms with E-state index in [2.05, 4.69) is 16.0 Å². The second kappa shape index (κ2) is 9.50. The van der Waals surface area contributed by atoms with Crippen molar-refractivity contribution in [1.29, 1.82) is 0 Å². The van der Waals surface area contributed by atoms with E-state index in [0.717, 1.165) is 23.4 Å². The first-order valence-electron chi connectivity index (χ1n) is 9.45. The van der Waals surface area contributed by atoms with Crippen LogP contribution < -0.4 is 16.0 Å². The fourth-order valence-electron chi connectivity index (χ4n) is 3.29. The van der Waals surface area contributed by atoms with Gasteiger partial charge in [0.05, 0.1) is 12.5 Å². The van der Waals surface area contributed by atoms with Crippen LogP contribution in [0, 0.1) is 13.8 Å². The zero-order valence-electron chi connectivity index (χ0n) is 16.6. The average Bonchev–Trinajstić information content (AvgIpc) is 2.59. The maximum atomic E-state index is 12.2. The van der Waals surface area contributed by atoms with Gasteiger partial charge in [0, 0.05) is 37.8 Å². The number of rotatable bonds is 7. The monoisotopic (exact) mass is 374 g/mol. The van der Waals surface area contributed by atoms with Crippen LogP contribution in [-0.2, 0) is 14.4 Å².